The molecule has 0 amide bonds. The van der Waals surface area contributed by atoms with Gasteiger partial charge < -0.3 is 5.11 Å². The second-order valence-corrected chi connectivity index (χ2v) is 5.14. The lowest BCUT2D eigenvalue weighted by atomic mass is 9.78. The second-order valence-electron chi connectivity index (χ2n) is 5.14. The smallest absolute Gasteiger partial charge is 0.0594 e. The first-order valence-electron chi connectivity index (χ1n) is 5.20. The van der Waals surface area contributed by atoms with Crippen LogP contribution in [0.3, 0.4) is 0 Å². The molecule has 1 heteroatoms. The van der Waals surface area contributed by atoms with Crippen molar-refractivity contribution in [3.63, 3.8) is 0 Å². The summed E-state index contributed by atoms with van der Waals surface area (Å²) in [6.07, 6.45) is 6.36. The summed E-state index contributed by atoms with van der Waals surface area (Å²) >= 11 is 0. The van der Waals surface area contributed by atoms with Crippen molar-refractivity contribution in [3.05, 3.63) is 0 Å². The summed E-state index contributed by atoms with van der Waals surface area (Å²) in [4.78, 5) is 0. The van der Waals surface area contributed by atoms with Crippen LogP contribution in [0.15, 0.2) is 0 Å². The van der Waals surface area contributed by atoms with Gasteiger partial charge in [0.05, 0.1) is 5.60 Å². The predicted molar refractivity (Wildman–Crippen MR) is 52.0 cm³/mol. The molecule has 1 nitrogen and oxygen atoms in total. The molecule has 0 radical (unpaired) electrons. The average molecular weight is 170 g/mol. The van der Waals surface area contributed by atoms with E-state index in [2.05, 4.69) is 6.92 Å². The Morgan fingerprint density at radius 2 is 1.67 bits per heavy atom. The highest BCUT2D eigenvalue weighted by atomic mass is 16.3. The molecule has 1 N–H and O–H groups in total. The van der Waals surface area contributed by atoms with E-state index in [4.69, 9.17) is 0 Å². The number of rotatable bonds is 2. The zero-order chi connectivity index (χ0) is 9.19. The SMILES string of the molecule is CC1CCC(CC(C)(C)O)CC1. The van der Waals surface area contributed by atoms with E-state index in [0.29, 0.717) is 0 Å². The number of hydrogen-bond donors (Lipinski definition) is 1. The summed E-state index contributed by atoms with van der Waals surface area (Å²) in [6.45, 7) is 6.18. The van der Waals surface area contributed by atoms with E-state index in [-0.39, 0.29) is 0 Å². The molecule has 1 fully saturated rings. The molecule has 0 aliphatic heterocycles. The van der Waals surface area contributed by atoms with Crippen LogP contribution in [0.1, 0.15) is 52.9 Å². The standard InChI is InChI=1S/C11H22O/c1-9-4-6-10(7-5-9)8-11(2,3)12/h9-10,12H,4-8H2,1-3H3. The van der Waals surface area contributed by atoms with E-state index in [0.717, 1.165) is 18.3 Å². The normalized spacial score (nSPS) is 32.0. The number of hydrogen-bond acceptors (Lipinski definition) is 1. The van der Waals surface area contributed by atoms with Gasteiger partial charge in [-0.25, -0.2) is 0 Å². The van der Waals surface area contributed by atoms with Crippen LogP contribution in [-0.2, 0) is 0 Å². The highest BCUT2D eigenvalue weighted by molar-refractivity contribution is 4.76. The first-order valence-corrected chi connectivity index (χ1v) is 5.20. The molecular formula is C11H22O. The maximum Gasteiger partial charge on any atom is 0.0594 e. The lowest BCUT2D eigenvalue weighted by molar-refractivity contribution is 0.0429. The molecule has 0 atom stereocenters. The first kappa shape index (κ1) is 10.0. The Morgan fingerprint density at radius 1 is 1.17 bits per heavy atom. The molecule has 0 aromatic heterocycles. The minimum atomic E-state index is -0.453. The minimum absolute atomic E-state index is 0.453. The second kappa shape index (κ2) is 3.78. The van der Waals surface area contributed by atoms with Gasteiger partial charge in [-0.1, -0.05) is 32.6 Å². The van der Waals surface area contributed by atoms with Crippen molar-refractivity contribution in [1.29, 1.82) is 0 Å². The summed E-state index contributed by atoms with van der Waals surface area (Å²) in [5, 5.41) is 9.64. The van der Waals surface area contributed by atoms with Crippen LogP contribution in [-0.4, -0.2) is 10.7 Å². The van der Waals surface area contributed by atoms with Gasteiger partial charge in [-0.15, -0.1) is 0 Å². The van der Waals surface area contributed by atoms with Gasteiger partial charge in [0.25, 0.3) is 0 Å². The summed E-state index contributed by atoms with van der Waals surface area (Å²) < 4.78 is 0. The molecule has 0 saturated heterocycles. The van der Waals surface area contributed by atoms with Crippen molar-refractivity contribution in [2.75, 3.05) is 0 Å². The van der Waals surface area contributed by atoms with Crippen molar-refractivity contribution in [3.8, 4) is 0 Å². The zero-order valence-corrected chi connectivity index (χ0v) is 8.64. The maximum atomic E-state index is 9.64. The van der Waals surface area contributed by atoms with Crippen molar-refractivity contribution in [2.24, 2.45) is 11.8 Å². The fourth-order valence-electron chi connectivity index (χ4n) is 2.24. The quantitative estimate of drug-likeness (QED) is 0.675. The molecule has 72 valence electrons. The fourth-order valence-corrected chi connectivity index (χ4v) is 2.24. The van der Waals surface area contributed by atoms with Crippen molar-refractivity contribution < 1.29 is 5.11 Å². The molecule has 0 aromatic carbocycles. The fraction of sp³-hybridized carbons (Fsp3) is 1.00. The molecule has 0 unspecified atom stereocenters. The molecular weight excluding hydrogens is 148 g/mol. The Labute approximate surface area is 76.2 Å². The summed E-state index contributed by atoms with van der Waals surface area (Å²) in [5.74, 6) is 1.70. The Balaban J connectivity index is 2.26. The zero-order valence-electron chi connectivity index (χ0n) is 8.64. The molecule has 1 aliphatic carbocycles. The van der Waals surface area contributed by atoms with Crippen molar-refractivity contribution >= 4 is 0 Å². The Morgan fingerprint density at radius 3 is 2.08 bits per heavy atom. The third-order valence-electron chi connectivity index (χ3n) is 2.92. The van der Waals surface area contributed by atoms with Gasteiger partial charge in [0.2, 0.25) is 0 Å². The van der Waals surface area contributed by atoms with E-state index in [1.165, 1.54) is 25.7 Å². The van der Waals surface area contributed by atoms with Gasteiger partial charge in [0, 0.05) is 0 Å². The van der Waals surface area contributed by atoms with E-state index >= 15 is 0 Å². The molecule has 1 rings (SSSR count). The summed E-state index contributed by atoms with van der Waals surface area (Å²) in [5.41, 5.74) is -0.453. The van der Waals surface area contributed by atoms with Crippen LogP contribution in [0.25, 0.3) is 0 Å². The van der Waals surface area contributed by atoms with Crippen LogP contribution in [0.5, 0.6) is 0 Å². The molecule has 1 saturated carbocycles. The van der Waals surface area contributed by atoms with Crippen LogP contribution in [0.2, 0.25) is 0 Å². The predicted octanol–water partition coefficient (Wildman–Crippen LogP) is 2.97. The average Bonchev–Trinajstić information content (AvgIpc) is 1.91. The van der Waals surface area contributed by atoms with E-state index in [1.807, 2.05) is 13.8 Å². The topological polar surface area (TPSA) is 20.2 Å². The highest BCUT2D eigenvalue weighted by Crippen LogP contribution is 2.33. The summed E-state index contributed by atoms with van der Waals surface area (Å²) in [7, 11) is 0. The lowest BCUT2D eigenvalue weighted by Gasteiger charge is -2.30. The minimum Gasteiger partial charge on any atom is -0.390 e. The van der Waals surface area contributed by atoms with E-state index < -0.39 is 5.60 Å². The van der Waals surface area contributed by atoms with E-state index in [9.17, 15) is 5.11 Å². The van der Waals surface area contributed by atoms with Gasteiger partial charge >= 0.3 is 0 Å². The van der Waals surface area contributed by atoms with Crippen LogP contribution in [0, 0.1) is 11.8 Å². The van der Waals surface area contributed by atoms with Crippen molar-refractivity contribution in [2.45, 2.75) is 58.5 Å². The van der Waals surface area contributed by atoms with Gasteiger partial charge in [-0.2, -0.15) is 0 Å². The number of aliphatic hydroxyl groups is 1. The van der Waals surface area contributed by atoms with Gasteiger partial charge in [-0.05, 0) is 32.1 Å². The third kappa shape index (κ3) is 3.57. The Bertz CT molecular complexity index is 126. The summed E-state index contributed by atoms with van der Waals surface area (Å²) in [6, 6.07) is 0. The van der Waals surface area contributed by atoms with Gasteiger partial charge in [0.15, 0.2) is 0 Å². The maximum absolute atomic E-state index is 9.64. The monoisotopic (exact) mass is 170 g/mol. The molecule has 0 heterocycles. The molecule has 0 spiro atoms. The molecule has 0 bridgehead atoms. The first-order chi connectivity index (χ1) is 5.47. The largest absolute Gasteiger partial charge is 0.390 e. The molecule has 0 aromatic rings. The molecule has 1 aliphatic rings. The van der Waals surface area contributed by atoms with Gasteiger partial charge in [-0.3, -0.25) is 0 Å². The van der Waals surface area contributed by atoms with E-state index in [1.54, 1.807) is 0 Å². The molecule has 12 heavy (non-hydrogen) atoms. The Hall–Kier alpha value is -0.0400. The third-order valence-corrected chi connectivity index (χ3v) is 2.92. The lowest BCUT2D eigenvalue weighted by Crippen LogP contribution is -2.25. The highest BCUT2D eigenvalue weighted by Gasteiger charge is 2.24. The van der Waals surface area contributed by atoms with Crippen LogP contribution in [0.4, 0.5) is 0 Å². The van der Waals surface area contributed by atoms with Gasteiger partial charge in [0.1, 0.15) is 0 Å². The van der Waals surface area contributed by atoms with Crippen LogP contribution >= 0.6 is 0 Å². The van der Waals surface area contributed by atoms with Crippen LogP contribution < -0.4 is 0 Å². The Kier molecular flexibility index (Phi) is 3.16. The van der Waals surface area contributed by atoms with Crippen molar-refractivity contribution in [1.82, 2.24) is 0 Å².